The second-order valence-corrected chi connectivity index (χ2v) is 16.4. The molecule has 0 fully saturated rings. The number of carbonyl (C=O) groups excluding carboxylic acids is 2. The van der Waals surface area contributed by atoms with Gasteiger partial charge in [-0.1, -0.05) is 35.9 Å². The van der Waals surface area contributed by atoms with E-state index < -0.39 is 12.1 Å². The van der Waals surface area contributed by atoms with Gasteiger partial charge in [0.15, 0.2) is 11.6 Å². The maximum absolute atomic E-state index is 13.4. The normalized spacial score (nSPS) is 15.1. The van der Waals surface area contributed by atoms with Crippen molar-refractivity contribution in [1.29, 1.82) is 0 Å². The van der Waals surface area contributed by atoms with Crippen LogP contribution >= 0.6 is 23.4 Å². The van der Waals surface area contributed by atoms with E-state index in [4.69, 9.17) is 35.8 Å². The third-order valence-electron chi connectivity index (χ3n) is 10.7. The monoisotopic (exact) mass is 886 g/mol. The minimum atomic E-state index is -0.606. The molecule has 63 heavy (non-hydrogen) atoms. The van der Waals surface area contributed by atoms with Crippen molar-refractivity contribution < 1.29 is 23.8 Å². The summed E-state index contributed by atoms with van der Waals surface area (Å²) in [5.74, 6) is 4.36. The van der Waals surface area contributed by atoms with E-state index in [-0.39, 0.29) is 24.7 Å². The van der Waals surface area contributed by atoms with E-state index in [1.807, 2.05) is 103 Å². The Morgan fingerprint density at radius 2 is 1.19 bits per heavy atom. The van der Waals surface area contributed by atoms with Crippen LogP contribution in [0.15, 0.2) is 99.8 Å². The Morgan fingerprint density at radius 3 is 1.70 bits per heavy atom. The molecule has 0 bridgehead atoms. The number of ether oxygens (including phenoxy) is 3. The summed E-state index contributed by atoms with van der Waals surface area (Å²) in [6.07, 6.45) is 0.196. The smallest absolute Gasteiger partial charge is 0.222 e. The topological polar surface area (TPSA) is 172 Å². The summed E-state index contributed by atoms with van der Waals surface area (Å²) in [7, 11) is 3.26. The third kappa shape index (κ3) is 9.38. The Morgan fingerprint density at radius 1 is 0.683 bits per heavy atom. The molecule has 0 saturated carbocycles. The lowest BCUT2D eigenvalue weighted by molar-refractivity contribution is -0.122. The number of halogens is 1. The number of fused-ring (bicyclic) bond motifs is 6. The van der Waals surface area contributed by atoms with E-state index in [0.29, 0.717) is 77.6 Å². The maximum atomic E-state index is 13.4. The number of aromatic nitrogens is 6. The van der Waals surface area contributed by atoms with Crippen LogP contribution in [0.5, 0.6) is 11.5 Å². The van der Waals surface area contributed by atoms with Gasteiger partial charge in [0.05, 0.1) is 63.1 Å². The highest BCUT2D eigenvalue weighted by atomic mass is 35.5. The quantitative estimate of drug-likeness (QED) is 0.0782. The van der Waals surface area contributed by atoms with Gasteiger partial charge < -0.3 is 24.8 Å². The van der Waals surface area contributed by atoms with E-state index in [1.54, 1.807) is 26.0 Å². The molecule has 324 valence electrons. The molecule has 2 unspecified atom stereocenters. The highest BCUT2D eigenvalue weighted by Crippen LogP contribution is 2.36. The van der Waals surface area contributed by atoms with Crippen LogP contribution in [0.25, 0.3) is 11.4 Å². The molecule has 0 aliphatic carbocycles. The molecule has 4 aromatic carbocycles. The first-order valence-electron chi connectivity index (χ1n) is 20.6. The van der Waals surface area contributed by atoms with Gasteiger partial charge >= 0.3 is 0 Å². The number of thioether (sulfide) groups is 1. The number of hydrogen-bond acceptors (Lipinski definition) is 12. The minimum Gasteiger partial charge on any atom is -0.497 e. The summed E-state index contributed by atoms with van der Waals surface area (Å²) in [5, 5.41) is 24.1. The molecule has 2 aliphatic heterocycles. The first kappa shape index (κ1) is 43.3. The Bertz CT molecular complexity index is 2700. The fraction of sp³-hybridized carbons (Fsp3) is 0.304. The van der Waals surface area contributed by atoms with Gasteiger partial charge in [-0.2, -0.15) is 0 Å². The van der Waals surface area contributed by atoms with Gasteiger partial charge in [0.1, 0.15) is 35.2 Å². The van der Waals surface area contributed by atoms with Crippen LogP contribution in [0.1, 0.15) is 77.4 Å². The van der Waals surface area contributed by atoms with Crippen LogP contribution in [0.4, 0.5) is 0 Å². The molecule has 0 spiro atoms. The molecular formula is C46H47ClN10O5S. The fourth-order valence-corrected chi connectivity index (χ4v) is 8.62. The standard InChI is InChI=1S/C46H47ClN10O5S/c1-6-48-41(58)25-37-45-54-52-27(2)56(45)40-18-14-33(61-5)24-36(40)44(50-37)30-9-15-34(16-10-30)63-22-21-62-20-19-49-42(59)26-38-46-55-53-28(3)57(46)39-17-13-32(60-4)23-35(39)43(51-38)29-7-11-31(47)12-8-29/h7-18,23-24,37-38H,6,19-22,25-26H2,1-5H3,(H,48,58)(H,49,59). The molecule has 4 heterocycles. The SMILES string of the molecule is CCNC(=O)CC1N=C(c2ccc(SCCOCCNC(=O)CC3N=C(c4ccc(Cl)cc4)c4cc(OC)ccc4-n4c(C)nnc43)cc2)c2cc(OC)ccc2-n2c(C)nnc21. The molecule has 0 radical (unpaired) electrons. The van der Waals surface area contributed by atoms with Crippen molar-refractivity contribution in [2.75, 3.05) is 46.3 Å². The Labute approximate surface area is 374 Å². The van der Waals surface area contributed by atoms with Crippen molar-refractivity contribution in [3.63, 3.8) is 0 Å². The third-order valence-corrected chi connectivity index (χ3v) is 11.9. The molecule has 0 saturated heterocycles. The van der Waals surface area contributed by atoms with Gasteiger partial charge in [-0.05, 0) is 81.4 Å². The lowest BCUT2D eigenvalue weighted by Crippen LogP contribution is -2.29. The second kappa shape index (κ2) is 19.4. The van der Waals surface area contributed by atoms with Crippen LogP contribution in [-0.2, 0) is 14.3 Å². The molecule has 2 amide bonds. The number of aryl methyl sites for hydroxylation is 2. The van der Waals surface area contributed by atoms with Gasteiger partial charge in [0.2, 0.25) is 11.8 Å². The molecule has 2 aromatic heterocycles. The minimum absolute atomic E-state index is 0.0630. The molecule has 2 atom stereocenters. The van der Waals surface area contributed by atoms with Crippen molar-refractivity contribution in [3.05, 3.63) is 136 Å². The number of hydrogen-bond donors (Lipinski definition) is 2. The summed E-state index contributed by atoms with van der Waals surface area (Å²) in [4.78, 5) is 37.6. The van der Waals surface area contributed by atoms with E-state index in [0.717, 1.165) is 44.2 Å². The van der Waals surface area contributed by atoms with E-state index in [2.05, 4.69) is 43.2 Å². The van der Waals surface area contributed by atoms with Gasteiger partial charge in [0, 0.05) is 51.0 Å². The van der Waals surface area contributed by atoms with E-state index >= 15 is 0 Å². The van der Waals surface area contributed by atoms with Crippen LogP contribution in [0.2, 0.25) is 5.02 Å². The average Bonchev–Trinajstić information content (AvgIpc) is 3.80. The average molecular weight is 887 g/mol. The van der Waals surface area contributed by atoms with E-state index in [1.165, 1.54) is 0 Å². The molecule has 8 rings (SSSR count). The molecule has 15 nitrogen and oxygen atoms in total. The number of methoxy groups -OCH3 is 2. The summed E-state index contributed by atoms with van der Waals surface area (Å²) < 4.78 is 21.0. The zero-order valence-corrected chi connectivity index (χ0v) is 37.2. The highest BCUT2D eigenvalue weighted by Gasteiger charge is 2.32. The lowest BCUT2D eigenvalue weighted by atomic mass is 10.00. The summed E-state index contributed by atoms with van der Waals surface area (Å²) >= 11 is 7.91. The van der Waals surface area contributed by atoms with Crippen LogP contribution < -0.4 is 20.1 Å². The maximum Gasteiger partial charge on any atom is 0.222 e. The van der Waals surface area contributed by atoms with Crippen molar-refractivity contribution in [2.45, 2.75) is 50.6 Å². The van der Waals surface area contributed by atoms with Crippen LogP contribution in [0.3, 0.4) is 0 Å². The number of nitrogens with one attached hydrogen (secondary N) is 2. The fourth-order valence-electron chi connectivity index (χ4n) is 7.73. The van der Waals surface area contributed by atoms with Gasteiger partial charge in [-0.3, -0.25) is 28.7 Å². The summed E-state index contributed by atoms with van der Waals surface area (Å²) in [6.45, 7) is 7.37. The Balaban J connectivity index is 0.884. The first-order valence-corrected chi connectivity index (χ1v) is 22.0. The summed E-state index contributed by atoms with van der Waals surface area (Å²) in [6, 6.07) is 26.1. The molecular weight excluding hydrogens is 840 g/mol. The van der Waals surface area contributed by atoms with Crippen molar-refractivity contribution in [2.24, 2.45) is 9.98 Å². The first-order chi connectivity index (χ1) is 30.6. The van der Waals surface area contributed by atoms with Gasteiger partial charge in [-0.25, -0.2) is 0 Å². The Hall–Kier alpha value is -6.36. The lowest BCUT2D eigenvalue weighted by Gasteiger charge is -2.14. The molecule has 6 aromatic rings. The largest absolute Gasteiger partial charge is 0.497 e. The van der Waals surface area contributed by atoms with Crippen molar-refractivity contribution in [1.82, 2.24) is 40.2 Å². The number of aliphatic imine (C=N–C) groups is 2. The van der Waals surface area contributed by atoms with Crippen LogP contribution in [-0.4, -0.2) is 99.0 Å². The van der Waals surface area contributed by atoms with Crippen LogP contribution in [0, 0.1) is 13.8 Å². The molecule has 2 N–H and O–H groups in total. The number of carbonyl (C=O) groups is 2. The number of nitrogens with zero attached hydrogens (tertiary/aromatic N) is 8. The number of rotatable bonds is 16. The van der Waals surface area contributed by atoms with Gasteiger partial charge in [0.25, 0.3) is 0 Å². The summed E-state index contributed by atoms with van der Waals surface area (Å²) in [5.41, 5.74) is 6.58. The number of amides is 2. The van der Waals surface area contributed by atoms with Crippen molar-refractivity contribution >= 4 is 46.6 Å². The second-order valence-electron chi connectivity index (χ2n) is 14.8. The van der Waals surface area contributed by atoms with Gasteiger partial charge in [-0.15, -0.1) is 32.2 Å². The van der Waals surface area contributed by atoms with E-state index in [9.17, 15) is 9.59 Å². The predicted octanol–water partition coefficient (Wildman–Crippen LogP) is 6.76. The molecule has 2 aliphatic rings. The zero-order chi connectivity index (χ0) is 44.0. The highest BCUT2D eigenvalue weighted by molar-refractivity contribution is 7.99. The number of benzene rings is 4. The predicted molar refractivity (Wildman–Crippen MR) is 242 cm³/mol. The molecule has 17 heteroatoms. The van der Waals surface area contributed by atoms with Crippen molar-refractivity contribution in [3.8, 4) is 22.9 Å². The zero-order valence-electron chi connectivity index (χ0n) is 35.6. The Kier molecular flexibility index (Phi) is 13.3.